The van der Waals surface area contributed by atoms with Gasteiger partial charge in [0.25, 0.3) is 0 Å². The number of carbonyl (C=O) groups excluding carboxylic acids is 2. The number of amides is 2. The van der Waals surface area contributed by atoms with E-state index in [1.165, 1.54) is 11.1 Å². The maximum atomic E-state index is 13.3. The van der Waals surface area contributed by atoms with Crippen molar-refractivity contribution < 1.29 is 9.59 Å². The predicted octanol–water partition coefficient (Wildman–Crippen LogP) is 4.44. The molecule has 2 aromatic carbocycles. The summed E-state index contributed by atoms with van der Waals surface area (Å²) in [5.74, 6) is 0.626. The van der Waals surface area contributed by atoms with Gasteiger partial charge in [0.05, 0.1) is 5.41 Å². The van der Waals surface area contributed by atoms with Crippen LogP contribution >= 0.6 is 0 Å². The fraction of sp³-hybridized carbons (Fsp3) is 0.462. The summed E-state index contributed by atoms with van der Waals surface area (Å²) >= 11 is 0. The van der Waals surface area contributed by atoms with Crippen LogP contribution in [0.15, 0.2) is 54.6 Å². The van der Waals surface area contributed by atoms with Gasteiger partial charge in [-0.2, -0.15) is 0 Å². The van der Waals surface area contributed by atoms with Gasteiger partial charge in [0.1, 0.15) is 0 Å². The molecule has 0 radical (unpaired) electrons. The van der Waals surface area contributed by atoms with Crippen LogP contribution in [0.1, 0.15) is 45.1 Å². The normalized spacial score (nSPS) is 21.1. The quantitative estimate of drug-likeness (QED) is 0.742. The largest absolute Gasteiger partial charge is 0.353 e. The standard InChI is InChI=1S/C26H32N2O2/c1-19(2)16-24(29)28-15-14-26(18-28,25(30)27-23-12-13-23)17-20-8-10-22(11-9-20)21-6-4-3-5-7-21/h3-11,19,23H,12-18H2,1-2H3,(H,27,30). The third-order valence-corrected chi connectivity index (χ3v) is 6.29. The first-order valence-corrected chi connectivity index (χ1v) is 11.2. The van der Waals surface area contributed by atoms with Gasteiger partial charge in [-0.1, -0.05) is 68.4 Å². The van der Waals surface area contributed by atoms with Crippen molar-refractivity contribution in [1.29, 1.82) is 0 Å². The van der Waals surface area contributed by atoms with Crippen molar-refractivity contribution in [3.8, 4) is 11.1 Å². The molecule has 1 unspecified atom stereocenters. The monoisotopic (exact) mass is 404 g/mol. The molecule has 4 rings (SSSR count). The minimum Gasteiger partial charge on any atom is -0.353 e. The van der Waals surface area contributed by atoms with Crippen molar-refractivity contribution in [2.24, 2.45) is 11.3 Å². The number of benzene rings is 2. The van der Waals surface area contributed by atoms with E-state index in [-0.39, 0.29) is 11.8 Å². The van der Waals surface area contributed by atoms with E-state index in [0.29, 0.717) is 37.9 Å². The third-order valence-electron chi connectivity index (χ3n) is 6.29. The summed E-state index contributed by atoms with van der Waals surface area (Å²) in [6.45, 7) is 5.33. The smallest absolute Gasteiger partial charge is 0.228 e. The van der Waals surface area contributed by atoms with Crippen LogP contribution < -0.4 is 5.32 Å². The number of nitrogens with one attached hydrogen (secondary N) is 1. The number of likely N-dealkylation sites (tertiary alicyclic amines) is 1. The summed E-state index contributed by atoms with van der Waals surface area (Å²) in [7, 11) is 0. The Morgan fingerprint density at radius 3 is 2.33 bits per heavy atom. The second kappa shape index (κ2) is 8.63. The SMILES string of the molecule is CC(C)CC(=O)N1CCC(Cc2ccc(-c3ccccc3)cc2)(C(=O)NC2CC2)C1. The summed E-state index contributed by atoms with van der Waals surface area (Å²) in [5, 5.41) is 3.22. The Labute approximate surface area is 179 Å². The summed E-state index contributed by atoms with van der Waals surface area (Å²) in [5.41, 5.74) is 3.00. The molecule has 1 saturated carbocycles. The molecule has 1 N–H and O–H groups in total. The summed E-state index contributed by atoms with van der Waals surface area (Å²) in [6, 6.07) is 19.2. The molecule has 4 nitrogen and oxygen atoms in total. The van der Waals surface area contributed by atoms with Crippen molar-refractivity contribution in [2.45, 2.75) is 52.0 Å². The van der Waals surface area contributed by atoms with Crippen molar-refractivity contribution in [3.05, 3.63) is 60.2 Å². The number of hydrogen-bond donors (Lipinski definition) is 1. The van der Waals surface area contributed by atoms with E-state index >= 15 is 0 Å². The second-order valence-corrected chi connectivity index (χ2v) is 9.43. The zero-order valence-electron chi connectivity index (χ0n) is 18.1. The van der Waals surface area contributed by atoms with Crippen molar-refractivity contribution in [3.63, 3.8) is 0 Å². The maximum Gasteiger partial charge on any atom is 0.228 e. The lowest BCUT2D eigenvalue weighted by Crippen LogP contribution is -2.46. The fourth-order valence-electron chi connectivity index (χ4n) is 4.38. The Balaban J connectivity index is 1.52. The molecule has 158 valence electrons. The number of hydrogen-bond acceptors (Lipinski definition) is 2. The Morgan fingerprint density at radius 1 is 1.03 bits per heavy atom. The minimum atomic E-state index is -0.524. The molecule has 2 fully saturated rings. The van der Waals surface area contributed by atoms with Crippen LogP contribution in [0.4, 0.5) is 0 Å². The average molecular weight is 405 g/mol. The van der Waals surface area contributed by atoms with E-state index in [1.807, 2.05) is 23.1 Å². The molecule has 30 heavy (non-hydrogen) atoms. The van der Waals surface area contributed by atoms with E-state index < -0.39 is 5.41 Å². The highest BCUT2D eigenvalue weighted by Gasteiger charge is 2.47. The topological polar surface area (TPSA) is 49.4 Å². The van der Waals surface area contributed by atoms with E-state index in [1.54, 1.807) is 0 Å². The van der Waals surface area contributed by atoms with Crippen LogP contribution in [-0.2, 0) is 16.0 Å². The molecule has 0 spiro atoms. The highest BCUT2D eigenvalue weighted by atomic mass is 16.2. The molecule has 1 heterocycles. The Hall–Kier alpha value is -2.62. The molecular formula is C26H32N2O2. The van der Waals surface area contributed by atoms with Crippen LogP contribution in [0.3, 0.4) is 0 Å². The van der Waals surface area contributed by atoms with Gasteiger partial charge >= 0.3 is 0 Å². The molecule has 1 aliphatic carbocycles. The lowest BCUT2D eigenvalue weighted by atomic mass is 9.79. The first kappa shape index (κ1) is 20.6. The van der Waals surface area contributed by atoms with Crippen LogP contribution in [-0.4, -0.2) is 35.8 Å². The molecule has 2 amide bonds. The molecule has 1 atom stereocenters. The van der Waals surface area contributed by atoms with Gasteiger partial charge in [0.15, 0.2) is 0 Å². The van der Waals surface area contributed by atoms with Crippen molar-refractivity contribution >= 4 is 11.8 Å². The van der Waals surface area contributed by atoms with Crippen LogP contribution in [0.2, 0.25) is 0 Å². The average Bonchev–Trinajstić information content (AvgIpc) is 3.45. The first-order chi connectivity index (χ1) is 14.4. The summed E-state index contributed by atoms with van der Waals surface area (Å²) < 4.78 is 0. The van der Waals surface area contributed by atoms with Crippen molar-refractivity contribution in [2.75, 3.05) is 13.1 Å². The zero-order valence-corrected chi connectivity index (χ0v) is 18.1. The van der Waals surface area contributed by atoms with Gasteiger partial charge in [-0.15, -0.1) is 0 Å². The van der Waals surface area contributed by atoms with Crippen LogP contribution in [0, 0.1) is 11.3 Å². The first-order valence-electron chi connectivity index (χ1n) is 11.2. The Kier molecular flexibility index (Phi) is 5.94. The summed E-state index contributed by atoms with van der Waals surface area (Å²) in [6.07, 6.45) is 4.10. The number of nitrogens with zero attached hydrogens (tertiary/aromatic N) is 1. The molecule has 1 saturated heterocycles. The van der Waals surface area contributed by atoms with Gasteiger partial charge in [-0.05, 0) is 48.3 Å². The molecular weight excluding hydrogens is 372 g/mol. The fourth-order valence-corrected chi connectivity index (χ4v) is 4.38. The Bertz CT molecular complexity index is 887. The molecule has 2 aliphatic rings. The maximum absolute atomic E-state index is 13.3. The van der Waals surface area contributed by atoms with E-state index in [2.05, 4.69) is 55.6 Å². The van der Waals surface area contributed by atoms with E-state index in [4.69, 9.17) is 0 Å². The van der Waals surface area contributed by atoms with Gasteiger partial charge < -0.3 is 10.2 Å². The molecule has 2 aromatic rings. The molecule has 0 bridgehead atoms. The number of rotatable bonds is 7. The highest BCUT2D eigenvalue weighted by Crippen LogP contribution is 2.37. The number of carbonyl (C=O) groups is 2. The van der Waals surface area contributed by atoms with E-state index in [9.17, 15) is 9.59 Å². The van der Waals surface area contributed by atoms with Crippen LogP contribution in [0.5, 0.6) is 0 Å². The van der Waals surface area contributed by atoms with Gasteiger partial charge in [-0.3, -0.25) is 9.59 Å². The second-order valence-electron chi connectivity index (χ2n) is 9.43. The molecule has 0 aromatic heterocycles. The van der Waals surface area contributed by atoms with E-state index in [0.717, 1.165) is 24.8 Å². The predicted molar refractivity (Wildman–Crippen MR) is 120 cm³/mol. The third kappa shape index (κ3) is 4.75. The molecule has 1 aliphatic heterocycles. The minimum absolute atomic E-state index is 0.122. The Morgan fingerprint density at radius 2 is 1.70 bits per heavy atom. The lowest BCUT2D eigenvalue weighted by Gasteiger charge is -2.29. The lowest BCUT2D eigenvalue weighted by molar-refractivity contribution is -0.133. The van der Waals surface area contributed by atoms with Gasteiger partial charge in [0.2, 0.25) is 11.8 Å². The van der Waals surface area contributed by atoms with Gasteiger partial charge in [0, 0.05) is 25.6 Å². The highest BCUT2D eigenvalue weighted by molar-refractivity contribution is 5.86. The molecule has 4 heteroatoms. The van der Waals surface area contributed by atoms with Gasteiger partial charge in [-0.25, -0.2) is 0 Å². The van der Waals surface area contributed by atoms with Crippen LogP contribution in [0.25, 0.3) is 11.1 Å². The van der Waals surface area contributed by atoms with Crippen molar-refractivity contribution in [1.82, 2.24) is 10.2 Å². The zero-order chi connectivity index (χ0) is 21.1. The summed E-state index contributed by atoms with van der Waals surface area (Å²) in [4.78, 5) is 27.8.